The minimum absolute atomic E-state index is 0.185. The predicted octanol–water partition coefficient (Wildman–Crippen LogP) is 4.10. The van der Waals surface area contributed by atoms with Gasteiger partial charge in [0, 0.05) is 22.8 Å². The third-order valence-corrected chi connectivity index (χ3v) is 3.20. The molecule has 0 heterocycles. The fourth-order valence-corrected chi connectivity index (χ4v) is 2.01. The van der Waals surface area contributed by atoms with E-state index in [-0.39, 0.29) is 17.9 Å². The molecule has 0 aromatic heterocycles. The van der Waals surface area contributed by atoms with Gasteiger partial charge in [-0.05, 0) is 42.8 Å². The molecule has 0 spiro atoms. The molecule has 0 aliphatic carbocycles. The van der Waals surface area contributed by atoms with E-state index in [1.165, 1.54) is 24.3 Å². The van der Waals surface area contributed by atoms with E-state index in [9.17, 15) is 9.18 Å². The Morgan fingerprint density at radius 1 is 1.30 bits per heavy atom. The molecule has 0 saturated carbocycles. The van der Waals surface area contributed by atoms with Crippen LogP contribution in [0.1, 0.15) is 21.5 Å². The maximum atomic E-state index is 13.6. The summed E-state index contributed by atoms with van der Waals surface area (Å²) in [6, 6.07) is 9.10. The molecule has 2 N–H and O–H groups in total. The summed E-state index contributed by atoms with van der Waals surface area (Å²) in [6.07, 6.45) is 0. The molecule has 104 valence electrons. The molecular formula is C15H13ClFNO2. The lowest BCUT2D eigenvalue weighted by Gasteiger charge is -2.11. The lowest BCUT2D eigenvalue weighted by Crippen LogP contribution is -2.05. The third kappa shape index (κ3) is 3.27. The van der Waals surface area contributed by atoms with Crippen LogP contribution in [-0.2, 0) is 6.54 Å². The van der Waals surface area contributed by atoms with Crippen molar-refractivity contribution in [2.75, 3.05) is 5.32 Å². The zero-order valence-corrected chi connectivity index (χ0v) is 11.5. The van der Waals surface area contributed by atoms with Crippen molar-refractivity contribution in [3.05, 3.63) is 63.9 Å². The quantitative estimate of drug-likeness (QED) is 0.892. The van der Waals surface area contributed by atoms with Crippen LogP contribution < -0.4 is 5.32 Å². The molecule has 0 bridgehead atoms. The Kier molecular flexibility index (Phi) is 4.25. The number of nitrogens with one attached hydrogen (secondary N) is 1. The van der Waals surface area contributed by atoms with Crippen molar-refractivity contribution in [1.82, 2.24) is 0 Å². The summed E-state index contributed by atoms with van der Waals surface area (Å²) in [5, 5.41) is 12.4. The van der Waals surface area contributed by atoms with Crippen LogP contribution in [0.2, 0.25) is 5.02 Å². The normalized spacial score (nSPS) is 10.3. The van der Waals surface area contributed by atoms with E-state index in [0.717, 1.165) is 5.56 Å². The molecule has 0 fully saturated rings. The third-order valence-electron chi connectivity index (χ3n) is 2.96. The number of rotatable bonds is 4. The zero-order chi connectivity index (χ0) is 14.7. The lowest BCUT2D eigenvalue weighted by molar-refractivity contribution is 0.0697. The molecule has 5 heteroatoms. The summed E-state index contributed by atoms with van der Waals surface area (Å²) in [7, 11) is 0. The van der Waals surface area contributed by atoms with Gasteiger partial charge in [0.2, 0.25) is 0 Å². The minimum Gasteiger partial charge on any atom is -0.478 e. The van der Waals surface area contributed by atoms with Crippen LogP contribution in [-0.4, -0.2) is 11.1 Å². The van der Waals surface area contributed by atoms with Crippen LogP contribution in [0.4, 0.5) is 10.1 Å². The zero-order valence-electron chi connectivity index (χ0n) is 10.8. The van der Waals surface area contributed by atoms with Crippen molar-refractivity contribution in [3.63, 3.8) is 0 Å². The van der Waals surface area contributed by atoms with Gasteiger partial charge in [0.15, 0.2) is 0 Å². The molecule has 0 atom stereocenters. The summed E-state index contributed by atoms with van der Waals surface area (Å²) in [5.41, 5.74) is 2.16. The van der Waals surface area contributed by atoms with Crippen LogP contribution >= 0.6 is 11.6 Å². The average molecular weight is 294 g/mol. The maximum absolute atomic E-state index is 13.6. The van der Waals surface area contributed by atoms with E-state index >= 15 is 0 Å². The molecular weight excluding hydrogens is 281 g/mol. The minimum atomic E-state index is -0.998. The summed E-state index contributed by atoms with van der Waals surface area (Å²) in [4.78, 5) is 10.9. The van der Waals surface area contributed by atoms with E-state index in [4.69, 9.17) is 16.7 Å². The SMILES string of the molecule is Cc1ccc(C(=O)O)cc1NCc1cc(Cl)ccc1F. The monoisotopic (exact) mass is 293 g/mol. The number of carboxylic acids is 1. The average Bonchev–Trinajstić information content (AvgIpc) is 2.41. The highest BCUT2D eigenvalue weighted by atomic mass is 35.5. The number of aryl methyl sites for hydroxylation is 1. The summed E-state index contributed by atoms with van der Waals surface area (Å²) < 4.78 is 13.6. The van der Waals surface area contributed by atoms with Gasteiger partial charge in [-0.3, -0.25) is 0 Å². The number of carboxylic acid groups (broad SMARTS) is 1. The van der Waals surface area contributed by atoms with Gasteiger partial charge in [-0.25, -0.2) is 9.18 Å². The van der Waals surface area contributed by atoms with E-state index in [2.05, 4.69) is 5.32 Å². The number of hydrogen-bond donors (Lipinski definition) is 2. The number of aromatic carboxylic acids is 1. The summed E-state index contributed by atoms with van der Waals surface area (Å²) >= 11 is 5.82. The highest BCUT2D eigenvalue weighted by molar-refractivity contribution is 6.30. The van der Waals surface area contributed by atoms with Crippen molar-refractivity contribution in [3.8, 4) is 0 Å². The summed E-state index contributed by atoms with van der Waals surface area (Å²) in [5.74, 6) is -1.35. The molecule has 3 nitrogen and oxygen atoms in total. The van der Waals surface area contributed by atoms with E-state index in [1.54, 1.807) is 12.1 Å². The van der Waals surface area contributed by atoms with Gasteiger partial charge in [0.25, 0.3) is 0 Å². The first kappa shape index (κ1) is 14.3. The van der Waals surface area contributed by atoms with Gasteiger partial charge in [0.05, 0.1) is 5.56 Å². The lowest BCUT2D eigenvalue weighted by atomic mass is 10.1. The fraction of sp³-hybridized carbons (Fsp3) is 0.133. The molecule has 0 aliphatic heterocycles. The van der Waals surface area contributed by atoms with Gasteiger partial charge in [-0.2, -0.15) is 0 Å². The molecule has 0 unspecified atom stereocenters. The van der Waals surface area contributed by atoms with Crippen molar-refractivity contribution in [1.29, 1.82) is 0 Å². The molecule has 0 saturated heterocycles. The van der Waals surface area contributed by atoms with E-state index in [1.807, 2.05) is 6.92 Å². The molecule has 2 aromatic carbocycles. The van der Waals surface area contributed by atoms with Crippen LogP contribution in [0.25, 0.3) is 0 Å². The fourth-order valence-electron chi connectivity index (χ4n) is 1.81. The van der Waals surface area contributed by atoms with Crippen LogP contribution in [0.5, 0.6) is 0 Å². The second-order valence-electron chi connectivity index (χ2n) is 4.42. The largest absolute Gasteiger partial charge is 0.478 e. The molecule has 0 amide bonds. The standard InChI is InChI=1S/C15H13ClFNO2/c1-9-2-3-10(15(19)20)7-14(9)18-8-11-6-12(16)4-5-13(11)17/h2-7,18H,8H2,1H3,(H,19,20). The Hall–Kier alpha value is -2.07. The molecule has 0 radical (unpaired) electrons. The van der Waals surface area contributed by atoms with Crippen LogP contribution in [0.15, 0.2) is 36.4 Å². The Morgan fingerprint density at radius 3 is 2.75 bits per heavy atom. The second-order valence-corrected chi connectivity index (χ2v) is 4.86. The van der Waals surface area contributed by atoms with Gasteiger partial charge in [-0.1, -0.05) is 17.7 Å². The Bertz CT molecular complexity index is 658. The highest BCUT2D eigenvalue weighted by Gasteiger charge is 2.07. The van der Waals surface area contributed by atoms with Crippen molar-refractivity contribution in [2.24, 2.45) is 0 Å². The van der Waals surface area contributed by atoms with Gasteiger partial charge in [-0.15, -0.1) is 0 Å². The van der Waals surface area contributed by atoms with E-state index in [0.29, 0.717) is 16.3 Å². The van der Waals surface area contributed by atoms with Crippen molar-refractivity contribution < 1.29 is 14.3 Å². The van der Waals surface area contributed by atoms with Gasteiger partial charge in [0.1, 0.15) is 5.82 Å². The Labute approximate surface area is 121 Å². The topological polar surface area (TPSA) is 49.3 Å². The molecule has 0 aliphatic rings. The Morgan fingerprint density at radius 2 is 2.05 bits per heavy atom. The second kappa shape index (κ2) is 5.92. The van der Waals surface area contributed by atoms with Gasteiger partial charge >= 0.3 is 5.97 Å². The van der Waals surface area contributed by atoms with E-state index < -0.39 is 5.97 Å². The van der Waals surface area contributed by atoms with Crippen molar-refractivity contribution in [2.45, 2.75) is 13.5 Å². The first-order valence-electron chi connectivity index (χ1n) is 5.99. The molecule has 20 heavy (non-hydrogen) atoms. The Balaban J connectivity index is 2.20. The molecule has 2 rings (SSSR count). The number of anilines is 1. The first-order chi connectivity index (χ1) is 9.47. The van der Waals surface area contributed by atoms with Crippen molar-refractivity contribution >= 4 is 23.3 Å². The first-order valence-corrected chi connectivity index (χ1v) is 6.37. The van der Waals surface area contributed by atoms with Crippen LogP contribution in [0.3, 0.4) is 0 Å². The van der Waals surface area contributed by atoms with Gasteiger partial charge < -0.3 is 10.4 Å². The molecule has 2 aromatic rings. The smallest absolute Gasteiger partial charge is 0.335 e. The number of benzene rings is 2. The van der Waals surface area contributed by atoms with Crippen LogP contribution in [0, 0.1) is 12.7 Å². The highest BCUT2D eigenvalue weighted by Crippen LogP contribution is 2.20. The maximum Gasteiger partial charge on any atom is 0.335 e. The number of hydrogen-bond acceptors (Lipinski definition) is 2. The number of halogens is 2. The summed E-state index contributed by atoms with van der Waals surface area (Å²) in [6.45, 7) is 2.08. The number of carbonyl (C=O) groups is 1. The predicted molar refractivity (Wildman–Crippen MR) is 76.9 cm³/mol.